The molecule has 1 aliphatic heterocycles. The molecule has 0 bridgehead atoms. The zero-order valence-corrected chi connectivity index (χ0v) is 22.6. The normalized spacial score (nSPS) is 15.1. The number of carbonyl (C=O) groups excluding carboxylic acids is 1. The number of terminal acetylenes is 1. The van der Waals surface area contributed by atoms with Crippen molar-refractivity contribution in [2.75, 3.05) is 26.2 Å². The first-order chi connectivity index (χ1) is 17.5. The van der Waals surface area contributed by atoms with Crippen LogP contribution >= 0.6 is 0 Å². The van der Waals surface area contributed by atoms with Gasteiger partial charge in [-0.25, -0.2) is 9.78 Å². The van der Waals surface area contributed by atoms with Gasteiger partial charge in [0.25, 0.3) is 0 Å². The van der Waals surface area contributed by atoms with E-state index in [1.807, 2.05) is 45.9 Å². The molecule has 0 spiro atoms. The van der Waals surface area contributed by atoms with Crippen LogP contribution in [0.25, 0.3) is 16.8 Å². The SMILES string of the molecule is C#CC.C/C=C(\C/C=C(\C)[N+](=O)[O-])c1nc2nc(CN3CCN(C(=O)OC(C)(C)CC)CC3)ccc2o1. The second-order valence-corrected chi connectivity index (χ2v) is 9.30. The number of hydrogen-bond donors (Lipinski definition) is 0. The first-order valence-corrected chi connectivity index (χ1v) is 12.3. The molecule has 1 fully saturated rings. The monoisotopic (exact) mass is 511 g/mol. The lowest BCUT2D eigenvalue weighted by atomic mass is 10.1. The molecule has 0 aromatic carbocycles. The van der Waals surface area contributed by atoms with Crippen molar-refractivity contribution in [3.8, 4) is 12.3 Å². The van der Waals surface area contributed by atoms with Crippen molar-refractivity contribution >= 4 is 22.9 Å². The molecule has 2 aromatic rings. The Bertz CT molecular complexity index is 1180. The summed E-state index contributed by atoms with van der Waals surface area (Å²) in [6.45, 7) is 14.1. The lowest BCUT2D eigenvalue weighted by Gasteiger charge is -2.35. The first-order valence-electron chi connectivity index (χ1n) is 12.3. The van der Waals surface area contributed by atoms with Gasteiger partial charge in [0.2, 0.25) is 11.6 Å². The topological polar surface area (TPSA) is 115 Å². The predicted molar refractivity (Wildman–Crippen MR) is 143 cm³/mol. The Morgan fingerprint density at radius 3 is 2.51 bits per heavy atom. The molecule has 200 valence electrons. The molecule has 3 heterocycles. The number of allylic oxidation sites excluding steroid dienone is 4. The molecule has 10 heteroatoms. The molecule has 0 saturated carbocycles. The highest BCUT2D eigenvalue weighted by Gasteiger charge is 2.27. The number of rotatable bonds is 8. The number of oxazole rings is 1. The van der Waals surface area contributed by atoms with Crippen molar-refractivity contribution in [3.63, 3.8) is 0 Å². The maximum Gasteiger partial charge on any atom is 0.410 e. The van der Waals surface area contributed by atoms with E-state index in [9.17, 15) is 14.9 Å². The summed E-state index contributed by atoms with van der Waals surface area (Å²) in [5.41, 5.74) is 2.32. The Morgan fingerprint density at radius 2 is 1.95 bits per heavy atom. The van der Waals surface area contributed by atoms with Crippen molar-refractivity contribution in [3.05, 3.63) is 51.7 Å². The van der Waals surface area contributed by atoms with Gasteiger partial charge in [0, 0.05) is 51.6 Å². The minimum absolute atomic E-state index is 0.0818. The molecular weight excluding hydrogens is 474 g/mol. The van der Waals surface area contributed by atoms with E-state index in [1.54, 1.807) is 17.9 Å². The molecule has 10 nitrogen and oxygen atoms in total. The third-order valence-electron chi connectivity index (χ3n) is 6.07. The second-order valence-electron chi connectivity index (χ2n) is 9.30. The number of hydrogen-bond acceptors (Lipinski definition) is 8. The quantitative estimate of drug-likeness (QED) is 0.267. The van der Waals surface area contributed by atoms with Gasteiger partial charge >= 0.3 is 6.09 Å². The molecule has 1 aliphatic rings. The lowest BCUT2D eigenvalue weighted by molar-refractivity contribution is -0.424. The predicted octanol–water partition coefficient (Wildman–Crippen LogP) is 5.28. The smallest absolute Gasteiger partial charge is 0.410 e. The van der Waals surface area contributed by atoms with Crippen LogP contribution in [0.5, 0.6) is 0 Å². The van der Waals surface area contributed by atoms with Crippen LogP contribution in [0.15, 0.2) is 34.4 Å². The summed E-state index contributed by atoms with van der Waals surface area (Å²) in [5.74, 6) is 2.66. The summed E-state index contributed by atoms with van der Waals surface area (Å²) < 4.78 is 11.4. The van der Waals surface area contributed by atoms with E-state index in [1.165, 1.54) is 6.92 Å². The molecule has 1 amide bonds. The van der Waals surface area contributed by atoms with Gasteiger partial charge in [-0.1, -0.05) is 13.0 Å². The average Bonchev–Trinajstić information content (AvgIpc) is 3.28. The van der Waals surface area contributed by atoms with Crippen molar-refractivity contribution in [1.82, 2.24) is 19.8 Å². The minimum Gasteiger partial charge on any atom is -0.443 e. The van der Waals surface area contributed by atoms with Gasteiger partial charge in [-0.05, 0) is 52.3 Å². The van der Waals surface area contributed by atoms with E-state index in [0.29, 0.717) is 43.2 Å². The van der Waals surface area contributed by atoms with Crippen LogP contribution < -0.4 is 0 Å². The Kier molecular flexibility index (Phi) is 10.8. The second kappa shape index (κ2) is 13.6. The maximum atomic E-state index is 12.4. The summed E-state index contributed by atoms with van der Waals surface area (Å²) in [6.07, 6.45) is 8.83. The standard InChI is InChI=1S/C24H33N5O5.C3H4/c1-6-18(9-8-17(3)29(31)32)22-26-21-20(33-22)11-10-19(25-21)16-27-12-14-28(15-13-27)23(30)34-24(4,5)7-2;1-3-2/h6,8,10-11H,7,9,12-16H2,1-5H3;1H,2H3/b17-8+,18-6+;. The average molecular weight is 512 g/mol. The van der Waals surface area contributed by atoms with Gasteiger partial charge in [-0.2, -0.15) is 4.98 Å². The van der Waals surface area contributed by atoms with E-state index in [0.717, 1.165) is 30.8 Å². The van der Waals surface area contributed by atoms with Crippen LogP contribution in [-0.2, 0) is 11.3 Å². The Morgan fingerprint density at radius 1 is 1.30 bits per heavy atom. The van der Waals surface area contributed by atoms with Crippen LogP contribution in [0.3, 0.4) is 0 Å². The number of amides is 1. The number of fused-ring (bicyclic) bond motifs is 1. The molecule has 0 unspecified atom stereocenters. The molecule has 2 aromatic heterocycles. The first kappa shape index (κ1) is 29.5. The molecule has 3 rings (SSSR count). The molecule has 0 atom stereocenters. The van der Waals surface area contributed by atoms with Gasteiger partial charge < -0.3 is 14.1 Å². The van der Waals surface area contributed by atoms with Crippen molar-refractivity contribution in [2.24, 2.45) is 0 Å². The largest absolute Gasteiger partial charge is 0.443 e. The summed E-state index contributed by atoms with van der Waals surface area (Å²) >= 11 is 0. The van der Waals surface area contributed by atoms with E-state index in [-0.39, 0.29) is 11.8 Å². The third-order valence-corrected chi connectivity index (χ3v) is 6.07. The molecule has 37 heavy (non-hydrogen) atoms. The number of carbonyl (C=O) groups is 1. The van der Waals surface area contributed by atoms with Crippen LogP contribution in [0.2, 0.25) is 0 Å². The molecule has 0 N–H and O–H groups in total. The molecule has 0 radical (unpaired) electrons. The van der Waals surface area contributed by atoms with Crippen molar-refractivity contribution in [2.45, 2.75) is 66.5 Å². The zero-order chi connectivity index (χ0) is 27.6. The summed E-state index contributed by atoms with van der Waals surface area (Å²) in [6, 6.07) is 3.76. The van der Waals surface area contributed by atoms with Gasteiger partial charge in [0.15, 0.2) is 11.2 Å². The highest BCUT2D eigenvalue weighted by molar-refractivity contribution is 5.72. The van der Waals surface area contributed by atoms with Crippen LogP contribution in [0.4, 0.5) is 4.79 Å². The van der Waals surface area contributed by atoms with Crippen LogP contribution in [0, 0.1) is 22.5 Å². The Hall–Kier alpha value is -3.71. The third kappa shape index (κ3) is 8.72. The highest BCUT2D eigenvalue weighted by Crippen LogP contribution is 2.24. The zero-order valence-electron chi connectivity index (χ0n) is 22.6. The maximum absolute atomic E-state index is 12.4. The molecule has 0 aliphatic carbocycles. The van der Waals surface area contributed by atoms with E-state index < -0.39 is 10.5 Å². The number of pyridine rings is 1. The van der Waals surface area contributed by atoms with Crippen molar-refractivity contribution < 1.29 is 18.9 Å². The lowest BCUT2D eigenvalue weighted by Crippen LogP contribution is -2.49. The fourth-order valence-corrected chi connectivity index (χ4v) is 3.43. The minimum atomic E-state index is -0.460. The van der Waals surface area contributed by atoms with E-state index in [2.05, 4.69) is 27.2 Å². The van der Waals surface area contributed by atoms with Gasteiger partial charge in [-0.15, -0.1) is 12.3 Å². The number of nitro groups is 1. The fraction of sp³-hybridized carbons (Fsp3) is 0.519. The fourth-order valence-electron chi connectivity index (χ4n) is 3.43. The summed E-state index contributed by atoms with van der Waals surface area (Å²) in [4.78, 5) is 36.0. The molecule has 1 saturated heterocycles. The number of aromatic nitrogens is 2. The van der Waals surface area contributed by atoms with E-state index in [4.69, 9.17) is 9.15 Å². The molecular formula is C27H37N5O5. The van der Waals surface area contributed by atoms with Crippen LogP contribution in [0.1, 0.15) is 66.0 Å². The van der Waals surface area contributed by atoms with Gasteiger partial charge in [-0.3, -0.25) is 15.0 Å². The van der Waals surface area contributed by atoms with Crippen LogP contribution in [-0.4, -0.2) is 62.6 Å². The summed E-state index contributed by atoms with van der Waals surface area (Å²) in [7, 11) is 0. The number of ether oxygens (including phenoxy) is 1. The van der Waals surface area contributed by atoms with Gasteiger partial charge in [0.05, 0.1) is 10.6 Å². The highest BCUT2D eigenvalue weighted by atomic mass is 16.6. The van der Waals surface area contributed by atoms with E-state index >= 15 is 0 Å². The number of piperazine rings is 1. The van der Waals surface area contributed by atoms with Gasteiger partial charge in [0.1, 0.15) is 5.60 Å². The Balaban J connectivity index is 0.00000153. The Labute approximate surface area is 218 Å². The van der Waals surface area contributed by atoms with Crippen molar-refractivity contribution in [1.29, 1.82) is 0 Å². The summed E-state index contributed by atoms with van der Waals surface area (Å²) in [5, 5.41) is 10.8. The number of nitrogens with zero attached hydrogens (tertiary/aromatic N) is 5.